The number of pyridine rings is 1. The van der Waals surface area contributed by atoms with Gasteiger partial charge in [-0.25, -0.2) is 4.98 Å². The maximum absolute atomic E-state index is 12.5. The van der Waals surface area contributed by atoms with E-state index in [0.29, 0.717) is 18.0 Å². The average Bonchev–Trinajstić information content (AvgIpc) is 2.49. The minimum Gasteiger partial charge on any atom is -0.475 e. The first-order valence-corrected chi connectivity index (χ1v) is 7.85. The number of ether oxygens (including phenoxy) is 1. The van der Waals surface area contributed by atoms with E-state index in [-0.39, 0.29) is 12.0 Å². The van der Waals surface area contributed by atoms with Gasteiger partial charge in [-0.3, -0.25) is 4.79 Å². The molecule has 0 atom stereocenters. The Morgan fingerprint density at radius 3 is 2.43 bits per heavy atom. The zero-order chi connectivity index (χ0) is 16.9. The molecule has 0 radical (unpaired) electrons. The number of anilines is 1. The first kappa shape index (κ1) is 17.0. The molecule has 23 heavy (non-hydrogen) atoms. The van der Waals surface area contributed by atoms with E-state index in [2.05, 4.69) is 10.3 Å². The van der Waals surface area contributed by atoms with Gasteiger partial charge in [-0.2, -0.15) is 0 Å². The van der Waals surface area contributed by atoms with E-state index in [1.807, 2.05) is 58.0 Å². The van der Waals surface area contributed by atoms with Crippen molar-refractivity contribution in [3.05, 3.63) is 54.2 Å². The Hall–Kier alpha value is -2.36. The number of nitrogens with zero attached hydrogens (tertiary/aromatic N) is 1. The molecule has 0 spiro atoms. The molecule has 0 aliphatic carbocycles. The molecule has 4 nitrogen and oxygen atoms in total. The van der Waals surface area contributed by atoms with Crippen molar-refractivity contribution in [2.24, 2.45) is 5.41 Å². The van der Waals surface area contributed by atoms with Gasteiger partial charge in [0.05, 0.1) is 18.0 Å². The molecule has 0 bridgehead atoms. The van der Waals surface area contributed by atoms with Crippen molar-refractivity contribution < 1.29 is 9.53 Å². The Kier molecular flexibility index (Phi) is 5.37. The third kappa shape index (κ3) is 5.09. The van der Waals surface area contributed by atoms with Crippen LogP contribution in [0.25, 0.3) is 0 Å². The number of carbonyl (C=O) groups excluding carboxylic acids is 1. The lowest BCUT2D eigenvalue weighted by Crippen LogP contribution is -2.32. The summed E-state index contributed by atoms with van der Waals surface area (Å²) in [5.41, 5.74) is 1.31. The third-order valence-electron chi connectivity index (χ3n) is 3.45. The maximum Gasteiger partial charge on any atom is 0.230 e. The zero-order valence-corrected chi connectivity index (χ0v) is 14.2. The summed E-state index contributed by atoms with van der Waals surface area (Å²) in [4.78, 5) is 16.7. The summed E-state index contributed by atoms with van der Waals surface area (Å²) in [6.45, 7) is 7.78. The molecule has 0 fully saturated rings. The molecule has 0 aliphatic heterocycles. The minimum absolute atomic E-state index is 0.0271. The first-order valence-electron chi connectivity index (χ1n) is 7.85. The first-order chi connectivity index (χ1) is 10.9. The molecule has 0 saturated carbocycles. The lowest BCUT2D eigenvalue weighted by atomic mass is 9.85. The molecular weight excluding hydrogens is 288 g/mol. The van der Waals surface area contributed by atoms with Gasteiger partial charge < -0.3 is 10.1 Å². The number of nitrogens with one attached hydrogen (secondary N) is 1. The lowest BCUT2D eigenvalue weighted by Gasteiger charge is -2.23. The molecule has 122 valence electrons. The van der Waals surface area contributed by atoms with Crippen LogP contribution in [0.4, 0.5) is 5.69 Å². The van der Waals surface area contributed by atoms with Gasteiger partial charge in [-0.05, 0) is 31.9 Å². The van der Waals surface area contributed by atoms with Crippen LogP contribution in [0.5, 0.6) is 5.88 Å². The fraction of sp³-hybridized carbons (Fsp3) is 0.368. The van der Waals surface area contributed by atoms with E-state index >= 15 is 0 Å². The van der Waals surface area contributed by atoms with E-state index in [9.17, 15) is 4.79 Å². The Balaban J connectivity index is 2.00. The second-order valence-corrected chi connectivity index (χ2v) is 6.55. The van der Waals surface area contributed by atoms with Crippen molar-refractivity contribution in [1.82, 2.24) is 4.98 Å². The van der Waals surface area contributed by atoms with E-state index < -0.39 is 5.41 Å². The number of amides is 1. The molecule has 2 aromatic rings. The molecule has 1 amide bonds. The average molecular weight is 312 g/mol. The van der Waals surface area contributed by atoms with E-state index in [1.165, 1.54) is 0 Å². The fourth-order valence-electron chi connectivity index (χ4n) is 2.25. The van der Waals surface area contributed by atoms with Crippen molar-refractivity contribution in [2.75, 3.05) is 5.32 Å². The summed E-state index contributed by atoms with van der Waals surface area (Å²) in [6, 6.07) is 13.6. The molecule has 2 rings (SSSR count). The summed E-state index contributed by atoms with van der Waals surface area (Å²) >= 11 is 0. The minimum atomic E-state index is -0.505. The molecule has 1 aromatic carbocycles. The quantitative estimate of drug-likeness (QED) is 0.874. The van der Waals surface area contributed by atoms with Gasteiger partial charge in [0.2, 0.25) is 11.8 Å². The van der Waals surface area contributed by atoms with Crippen LogP contribution in [0, 0.1) is 5.41 Å². The second kappa shape index (κ2) is 7.27. The molecule has 1 N–H and O–H groups in total. The highest BCUT2D eigenvalue weighted by atomic mass is 16.5. The predicted molar refractivity (Wildman–Crippen MR) is 92.6 cm³/mol. The largest absolute Gasteiger partial charge is 0.475 e. The summed E-state index contributed by atoms with van der Waals surface area (Å²) < 4.78 is 5.50. The van der Waals surface area contributed by atoms with Gasteiger partial charge in [0.25, 0.3) is 0 Å². The summed E-state index contributed by atoms with van der Waals surface area (Å²) in [5, 5.41) is 2.93. The van der Waals surface area contributed by atoms with Crippen molar-refractivity contribution >= 4 is 11.6 Å². The highest BCUT2D eigenvalue weighted by Gasteiger charge is 2.28. The summed E-state index contributed by atoms with van der Waals surface area (Å²) in [5.74, 6) is 0.530. The highest BCUT2D eigenvalue weighted by molar-refractivity contribution is 5.94. The van der Waals surface area contributed by atoms with Crippen molar-refractivity contribution in [3.63, 3.8) is 0 Å². The van der Waals surface area contributed by atoms with E-state index in [4.69, 9.17) is 4.74 Å². The molecular formula is C19H24N2O2. The molecule has 4 heteroatoms. The van der Waals surface area contributed by atoms with Crippen LogP contribution in [-0.2, 0) is 11.2 Å². The van der Waals surface area contributed by atoms with Gasteiger partial charge in [0.15, 0.2) is 0 Å². The number of benzene rings is 1. The van der Waals surface area contributed by atoms with Crippen LogP contribution in [0.2, 0.25) is 0 Å². The normalized spacial score (nSPS) is 11.3. The second-order valence-electron chi connectivity index (χ2n) is 6.55. The SMILES string of the molecule is CC(C)Oc1ccc(NC(=O)C(C)(C)Cc2ccccc2)cn1. The number of rotatable bonds is 6. The van der Waals surface area contributed by atoms with Crippen LogP contribution in [0.15, 0.2) is 48.7 Å². The number of aromatic nitrogens is 1. The number of carbonyl (C=O) groups is 1. The number of hydrogen-bond acceptors (Lipinski definition) is 3. The van der Waals surface area contributed by atoms with Crippen LogP contribution in [0.1, 0.15) is 33.3 Å². The Morgan fingerprint density at radius 1 is 1.17 bits per heavy atom. The maximum atomic E-state index is 12.5. The molecule has 1 aromatic heterocycles. The third-order valence-corrected chi connectivity index (χ3v) is 3.45. The monoisotopic (exact) mass is 312 g/mol. The Labute approximate surface area is 137 Å². The molecule has 1 heterocycles. The van der Waals surface area contributed by atoms with E-state index in [1.54, 1.807) is 18.3 Å². The predicted octanol–water partition coefficient (Wildman–Crippen LogP) is 4.08. The van der Waals surface area contributed by atoms with E-state index in [0.717, 1.165) is 5.56 Å². The van der Waals surface area contributed by atoms with Gasteiger partial charge in [-0.15, -0.1) is 0 Å². The smallest absolute Gasteiger partial charge is 0.230 e. The summed E-state index contributed by atoms with van der Waals surface area (Å²) in [6.07, 6.45) is 2.38. The van der Waals surface area contributed by atoms with Crippen LogP contribution < -0.4 is 10.1 Å². The molecule has 0 unspecified atom stereocenters. The highest BCUT2D eigenvalue weighted by Crippen LogP contribution is 2.24. The van der Waals surface area contributed by atoms with Gasteiger partial charge in [0.1, 0.15) is 0 Å². The Morgan fingerprint density at radius 2 is 1.87 bits per heavy atom. The van der Waals surface area contributed by atoms with Gasteiger partial charge >= 0.3 is 0 Å². The number of hydrogen-bond donors (Lipinski definition) is 1. The molecule has 0 saturated heterocycles. The Bertz CT molecular complexity index is 634. The zero-order valence-electron chi connectivity index (χ0n) is 14.2. The fourth-order valence-corrected chi connectivity index (χ4v) is 2.25. The van der Waals surface area contributed by atoms with Crippen molar-refractivity contribution in [3.8, 4) is 5.88 Å². The standard InChI is InChI=1S/C19H24N2O2/c1-14(2)23-17-11-10-16(13-20-17)21-18(22)19(3,4)12-15-8-6-5-7-9-15/h5-11,13-14H,12H2,1-4H3,(H,21,22). The van der Waals surface area contributed by atoms with Crippen molar-refractivity contribution in [2.45, 2.75) is 40.2 Å². The van der Waals surface area contributed by atoms with Crippen LogP contribution >= 0.6 is 0 Å². The topological polar surface area (TPSA) is 51.2 Å². The van der Waals surface area contributed by atoms with Crippen molar-refractivity contribution in [1.29, 1.82) is 0 Å². The summed E-state index contributed by atoms with van der Waals surface area (Å²) in [7, 11) is 0. The van der Waals surface area contributed by atoms with Crippen LogP contribution in [-0.4, -0.2) is 17.0 Å². The van der Waals surface area contributed by atoms with Crippen LogP contribution in [0.3, 0.4) is 0 Å². The van der Waals surface area contributed by atoms with Gasteiger partial charge in [0, 0.05) is 11.5 Å². The lowest BCUT2D eigenvalue weighted by molar-refractivity contribution is -0.123. The van der Waals surface area contributed by atoms with Gasteiger partial charge in [-0.1, -0.05) is 44.2 Å². The molecule has 0 aliphatic rings.